The summed E-state index contributed by atoms with van der Waals surface area (Å²) in [5.41, 5.74) is 5.09. The summed E-state index contributed by atoms with van der Waals surface area (Å²) < 4.78 is 5.85. The Hall–Kier alpha value is -2.76. The topological polar surface area (TPSA) is 80.5 Å². The van der Waals surface area contributed by atoms with Gasteiger partial charge in [-0.2, -0.15) is 0 Å². The Balaban J connectivity index is 1.60. The van der Waals surface area contributed by atoms with Crippen LogP contribution in [-0.4, -0.2) is 24.9 Å². The van der Waals surface area contributed by atoms with Gasteiger partial charge in [-0.05, 0) is 30.2 Å². The number of aromatic amines is 1. The summed E-state index contributed by atoms with van der Waals surface area (Å²) in [6.07, 6.45) is 2.33. The number of rotatable bonds is 4. The van der Waals surface area contributed by atoms with Gasteiger partial charge in [0.25, 0.3) is 0 Å². The standard InChI is InChI=1S/C18H19N5O/c1-10(2)12-4-7-15-18(23-12)24-16(21-15)8-11(3)13-5-6-14-17(22-13)20-9-19-14/h4-7,9-11H,8H2,1-3H3,(H,19,20,22). The summed E-state index contributed by atoms with van der Waals surface area (Å²) in [7, 11) is 0. The number of hydrogen-bond acceptors (Lipinski definition) is 5. The molecule has 4 aromatic rings. The third-order valence-corrected chi connectivity index (χ3v) is 4.20. The predicted molar refractivity (Wildman–Crippen MR) is 91.9 cm³/mol. The smallest absolute Gasteiger partial charge is 0.247 e. The first kappa shape index (κ1) is 14.8. The van der Waals surface area contributed by atoms with E-state index in [4.69, 9.17) is 4.42 Å². The average molecular weight is 321 g/mol. The van der Waals surface area contributed by atoms with Gasteiger partial charge in [0.15, 0.2) is 11.5 Å². The molecule has 1 unspecified atom stereocenters. The first-order valence-corrected chi connectivity index (χ1v) is 8.16. The molecule has 0 aliphatic rings. The largest absolute Gasteiger partial charge is 0.422 e. The van der Waals surface area contributed by atoms with Crippen molar-refractivity contribution >= 4 is 22.4 Å². The Bertz CT molecular complexity index is 1000. The Kier molecular flexibility index (Phi) is 3.52. The van der Waals surface area contributed by atoms with Crippen LogP contribution in [0.25, 0.3) is 22.4 Å². The van der Waals surface area contributed by atoms with E-state index < -0.39 is 0 Å². The number of aromatic nitrogens is 5. The van der Waals surface area contributed by atoms with Gasteiger partial charge in [0, 0.05) is 23.7 Å². The van der Waals surface area contributed by atoms with E-state index >= 15 is 0 Å². The van der Waals surface area contributed by atoms with E-state index in [1.807, 2.05) is 24.3 Å². The van der Waals surface area contributed by atoms with Gasteiger partial charge in [-0.1, -0.05) is 20.8 Å². The van der Waals surface area contributed by atoms with Crippen molar-refractivity contribution in [3.05, 3.63) is 47.9 Å². The van der Waals surface area contributed by atoms with Gasteiger partial charge in [-0.15, -0.1) is 0 Å². The monoisotopic (exact) mass is 321 g/mol. The molecule has 0 saturated carbocycles. The van der Waals surface area contributed by atoms with E-state index in [1.54, 1.807) is 6.33 Å². The number of nitrogens with zero attached hydrogens (tertiary/aromatic N) is 4. The quantitative estimate of drug-likeness (QED) is 0.615. The molecule has 1 atom stereocenters. The molecular formula is C18H19N5O. The molecule has 6 nitrogen and oxygen atoms in total. The minimum absolute atomic E-state index is 0.184. The van der Waals surface area contributed by atoms with Gasteiger partial charge in [0.05, 0.1) is 11.8 Å². The zero-order valence-corrected chi connectivity index (χ0v) is 13.9. The predicted octanol–water partition coefficient (Wildman–Crippen LogP) is 3.96. The summed E-state index contributed by atoms with van der Waals surface area (Å²) in [6.45, 7) is 6.34. The second kappa shape index (κ2) is 5.70. The van der Waals surface area contributed by atoms with E-state index in [-0.39, 0.29) is 5.92 Å². The first-order valence-electron chi connectivity index (χ1n) is 8.16. The molecule has 0 aromatic carbocycles. The highest BCUT2D eigenvalue weighted by molar-refractivity contribution is 5.70. The van der Waals surface area contributed by atoms with E-state index in [9.17, 15) is 0 Å². The number of imidazole rings is 1. The fraction of sp³-hybridized carbons (Fsp3) is 0.333. The SMILES string of the molecule is CC(C)c1ccc2nc(CC(C)c3ccc4[nH]cnc4n3)oc2n1. The van der Waals surface area contributed by atoms with Crippen LogP contribution in [0.15, 0.2) is 35.0 Å². The first-order chi connectivity index (χ1) is 11.6. The molecule has 0 spiro atoms. The van der Waals surface area contributed by atoms with Crippen molar-refractivity contribution < 1.29 is 4.42 Å². The minimum atomic E-state index is 0.184. The Morgan fingerprint density at radius 2 is 1.83 bits per heavy atom. The van der Waals surface area contributed by atoms with E-state index in [2.05, 4.69) is 45.7 Å². The second-order valence-corrected chi connectivity index (χ2v) is 6.44. The van der Waals surface area contributed by atoms with Gasteiger partial charge in [0.2, 0.25) is 5.71 Å². The summed E-state index contributed by atoms with van der Waals surface area (Å²) in [4.78, 5) is 21.0. The molecule has 4 rings (SSSR count). The van der Waals surface area contributed by atoms with E-state index in [0.717, 1.165) is 28.1 Å². The third-order valence-electron chi connectivity index (χ3n) is 4.20. The molecule has 4 aromatic heterocycles. The highest BCUT2D eigenvalue weighted by atomic mass is 16.4. The molecule has 122 valence electrons. The summed E-state index contributed by atoms with van der Waals surface area (Å²) in [5.74, 6) is 1.24. The van der Waals surface area contributed by atoms with Crippen molar-refractivity contribution in [3.63, 3.8) is 0 Å². The lowest BCUT2D eigenvalue weighted by molar-refractivity contribution is 0.497. The van der Waals surface area contributed by atoms with Gasteiger partial charge < -0.3 is 9.40 Å². The van der Waals surface area contributed by atoms with E-state index in [0.29, 0.717) is 23.9 Å². The Labute approximate surface area is 139 Å². The lowest BCUT2D eigenvalue weighted by Gasteiger charge is -2.07. The maximum absolute atomic E-state index is 5.85. The molecule has 24 heavy (non-hydrogen) atoms. The summed E-state index contributed by atoms with van der Waals surface area (Å²) in [6, 6.07) is 8.01. The van der Waals surface area contributed by atoms with Crippen LogP contribution >= 0.6 is 0 Å². The molecule has 0 amide bonds. The van der Waals surface area contributed by atoms with Crippen LogP contribution < -0.4 is 0 Å². The minimum Gasteiger partial charge on any atom is -0.422 e. The molecule has 0 bridgehead atoms. The van der Waals surface area contributed by atoms with Crippen molar-refractivity contribution in [2.45, 2.75) is 39.0 Å². The van der Waals surface area contributed by atoms with Crippen LogP contribution in [0, 0.1) is 0 Å². The number of pyridine rings is 2. The molecular weight excluding hydrogens is 302 g/mol. The maximum atomic E-state index is 5.85. The number of oxazole rings is 1. The molecule has 0 radical (unpaired) electrons. The fourth-order valence-corrected chi connectivity index (χ4v) is 2.76. The zero-order valence-electron chi connectivity index (χ0n) is 13.9. The van der Waals surface area contributed by atoms with Crippen LogP contribution in [0.1, 0.15) is 49.9 Å². The number of fused-ring (bicyclic) bond motifs is 2. The molecule has 0 saturated heterocycles. The van der Waals surface area contributed by atoms with Crippen molar-refractivity contribution in [3.8, 4) is 0 Å². The summed E-state index contributed by atoms with van der Waals surface area (Å²) in [5, 5.41) is 0. The van der Waals surface area contributed by atoms with Crippen LogP contribution in [-0.2, 0) is 6.42 Å². The zero-order chi connectivity index (χ0) is 16.7. The Morgan fingerprint density at radius 1 is 1.00 bits per heavy atom. The normalized spacial score (nSPS) is 13.2. The van der Waals surface area contributed by atoms with Crippen LogP contribution in [0.2, 0.25) is 0 Å². The Morgan fingerprint density at radius 3 is 2.67 bits per heavy atom. The van der Waals surface area contributed by atoms with Crippen LogP contribution in [0.4, 0.5) is 0 Å². The molecule has 0 fully saturated rings. The van der Waals surface area contributed by atoms with Crippen LogP contribution in [0.3, 0.4) is 0 Å². The van der Waals surface area contributed by atoms with Crippen LogP contribution in [0.5, 0.6) is 0 Å². The molecule has 0 aliphatic heterocycles. The second-order valence-electron chi connectivity index (χ2n) is 6.44. The molecule has 1 N–H and O–H groups in total. The van der Waals surface area contributed by atoms with Crippen molar-refractivity contribution in [2.24, 2.45) is 0 Å². The highest BCUT2D eigenvalue weighted by Gasteiger charge is 2.15. The number of nitrogens with one attached hydrogen (secondary N) is 1. The maximum Gasteiger partial charge on any atom is 0.247 e. The number of hydrogen-bond donors (Lipinski definition) is 1. The van der Waals surface area contributed by atoms with Gasteiger partial charge in [-0.25, -0.2) is 19.9 Å². The van der Waals surface area contributed by atoms with Gasteiger partial charge in [0.1, 0.15) is 5.52 Å². The van der Waals surface area contributed by atoms with Crippen molar-refractivity contribution in [1.82, 2.24) is 24.9 Å². The third kappa shape index (κ3) is 2.64. The van der Waals surface area contributed by atoms with Crippen molar-refractivity contribution in [1.29, 1.82) is 0 Å². The molecule has 0 aliphatic carbocycles. The highest BCUT2D eigenvalue weighted by Crippen LogP contribution is 2.23. The molecule has 6 heteroatoms. The van der Waals surface area contributed by atoms with Crippen molar-refractivity contribution in [2.75, 3.05) is 0 Å². The molecule has 4 heterocycles. The summed E-state index contributed by atoms with van der Waals surface area (Å²) >= 11 is 0. The average Bonchev–Trinajstić information content (AvgIpc) is 3.18. The fourth-order valence-electron chi connectivity index (χ4n) is 2.76. The van der Waals surface area contributed by atoms with Gasteiger partial charge in [-0.3, -0.25) is 0 Å². The van der Waals surface area contributed by atoms with E-state index in [1.165, 1.54) is 0 Å². The lowest BCUT2D eigenvalue weighted by atomic mass is 10.0. The van der Waals surface area contributed by atoms with Gasteiger partial charge >= 0.3 is 0 Å². The number of H-pyrrole nitrogens is 1. The lowest BCUT2D eigenvalue weighted by Crippen LogP contribution is -2.01.